The summed E-state index contributed by atoms with van der Waals surface area (Å²) < 4.78 is 38.5. The number of benzene rings is 4. The summed E-state index contributed by atoms with van der Waals surface area (Å²) >= 11 is 6.33. The first-order chi connectivity index (χ1) is 20.1. The number of hydrogen-bond acceptors (Lipinski definition) is 4. The molecule has 4 aromatic carbocycles. The Hall–Kier alpha value is -4.43. The summed E-state index contributed by atoms with van der Waals surface area (Å²) in [5.74, 6) is -1.48. The van der Waals surface area contributed by atoms with E-state index in [4.69, 9.17) is 21.1 Å². The molecule has 0 spiro atoms. The maximum atomic E-state index is 14.0. The monoisotopic (exact) mass is 592 g/mol. The van der Waals surface area contributed by atoms with Crippen LogP contribution in [0.25, 0.3) is 0 Å². The summed E-state index contributed by atoms with van der Waals surface area (Å²) in [4.78, 5) is 28.9. The van der Waals surface area contributed by atoms with Crippen molar-refractivity contribution in [3.05, 3.63) is 124 Å². The Balaban J connectivity index is 1.67. The van der Waals surface area contributed by atoms with Gasteiger partial charge in [-0.2, -0.15) is 0 Å². The number of ether oxygens (including phenoxy) is 2. The van der Waals surface area contributed by atoms with Gasteiger partial charge in [-0.05, 0) is 83.4 Å². The lowest BCUT2D eigenvalue weighted by atomic mass is 9.89. The second-order valence-electron chi connectivity index (χ2n) is 9.83. The lowest BCUT2D eigenvalue weighted by Crippen LogP contribution is -2.49. The second kappa shape index (κ2) is 13.5. The number of nitrogens with zero attached hydrogens (tertiary/aromatic N) is 1. The van der Waals surface area contributed by atoms with E-state index in [0.29, 0.717) is 33.3 Å². The van der Waals surface area contributed by atoms with Crippen molar-refractivity contribution in [3.63, 3.8) is 0 Å². The molecule has 42 heavy (non-hydrogen) atoms. The Morgan fingerprint density at radius 2 is 1.43 bits per heavy atom. The summed E-state index contributed by atoms with van der Waals surface area (Å²) in [5.41, 5.74) is 2.66. The fourth-order valence-corrected chi connectivity index (χ4v) is 4.92. The first kappa shape index (κ1) is 30.5. The number of carbonyl (C=O) groups is 2. The van der Waals surface area contributed by atoms with Gasteiger partial charge in [0.1, 0.15) is 29.2 Å². The molecule has 0 aliphatic rings. The first-order valence-electron chi connectivity index (χ1n) is 13.2. The lowest BCUT2D eigenvalue weighted by Gasteiger charge is -2.26. The number of amides is 2. The van der Waals surface area contributed by atoms with Crippen molar-refractivity contribution in [1.82, 2.24) is 5.32 Å². The van der Waals surface area contributed by atoms with Gasteiger partial charge in [-0.1, -0.05) is 30.7 Å². The maximum absolute atomic E-state index is 14.0. The lowest BCUT2D eigenvalue weighted by molar-refractivity contribution is -0.120. The van der Waals surface area contributed by atoms with Gasteiger partial charge in [0.05, 0.1) is 14.2 Å². The van der Waals surface area contributed by atoms with Crippen LogP contribution >= 0.6 is 11.6 Å². The third-order valence-electron chi connectivity index (χ3n) is 7.10. The normalized spacial score (nSPS) is 12.3. The summed E-state index contributed by atoms with van der Waals surface area (Å²) in [7, 11) is 4.68. The van der Waals surface area contributed by atoms with Crippen LogP contribution in [0.5, 0.6) is 11.5 Å². The molecule has 6 nitrogen and oxygen atoms in total. The third kappa shape index (κ3) is 7.25. The Labute approximate surface area is 248 Å². The second-order valence-corrected chi connectivity index (χ2v) is 10.3. The number of nitrogens with one attached hydrogen (secondary N) is 1. The molecule has 0 saturated heterocycles. The molecule has 0 radical (unpaired) electrons. The van der Waals surface area contributed by atoms with Crippen LogP contribution in [0.2, 0.25) is 5.02 Å². The number of rotatable bonds is 10. The molecule has 0 saturated carbocycles. The number of likely N-dealkylation sites (N-methyl/N-ethyl adjacent to an activating group) is 1. The van der Waals surface area contributed by atoms with E-state index in [0.717, 1.165) is 23.8 Å². The minimum Gasteiger partial charge on any atom is -0.497 e. The standard InChI is InChI=1S/C33H31ClF2N2O4/c1-20(22-5-10-27(41-3)11-6-22)30-18-23(34)7-14-29(30)32(39)37-31(17-21-15-24(35)19-25(36)16-21)33(40)38(2)26-8-12-28(42-4)13-9-26/h5-16,18-20,31H,17H2,1-4H3,(H,37,39)/t20-,31?/m0/s1. The smallest absolute Gasteiger partial charge is 0.252 e. The van der Waals surface area contributed by atoms with Crippen molar-refractivity contribution in [1.29, 1.82) is 0 Å². The number of hydrogen-bond donors (Lipinski definition) is 1. The van der Waals surface area contributed by atoms with Crippen LogP contribution in [0.15, 0.2) is 84.9 Å². The van der Waals surface area contributed by atoms with Crippen molar-refractivity contribution in [3.8, 4) is 11.5 Å². The molecule has 1 N–H and O–H groups in total. The number of anilines is 1. The molecule has 0 heterocycles. The zero-order valence-corrected chi connectivity index (χ0v) is 24.4. The average molecular weight is 593 g/mol. The first-order valence-corrected chi connectivity index (χ1v) is 13.6. The van der Waals surface area contributed by atoms with E-state index in [-0.39, 0.29) is 17.9 Å². The molecule has 9 heteroatoms. The minimum absolute atomic E-state index is 0.142. The molecule has 218 valence electrons. The van der Waals surface area contributed by atoms with Gasteiger partial charge in [0.25, 0.3) is 5.91 Å². The van der Waals surface area contributed by atoms with Crippen LogP contribution < -0.4 is 19.7 Å². The number of carbonyl (C=O) groups excluding carboxylic acids is 2. The zero-order chi connectivity index (χ0) is 30.4. The van der Waals surface area contributed by atoms with E-state index < -0.39 is 29.5 Å². The van der Waals surface area contributed by atoms with Crippen molar-refractivity contribution in [2.75, 3.05) is 26.2 Å². The fourth-order valence-electron chi connectivity index (χ4n) is 4.74. The highest BCUT2D eigenvalue weighted by Gasteiger charge is 2.28. The largest absolute Gasteiger partial charge is 0.497 e. The molecule has 4 aromatic rings. The Bertz CT molecular complexity index is 1540. The van der Waals surface area contributed by atoms with Gasteiger partial charge in [0, 0.05) is 41.7 Å². The van der Waals surface area contributed by atoms with E-state index in [1.54, 1.807) is 56.6 Å². The minimum atomic E-state index is -1.15. The van der Waals surface area contributed by atoms with Gasteiger partial charge >= 0.3 is 0 Å². The van der Waals surface area contributed by atoms with E-state index >= 15 is 0 Å². The van der Waals surface area contributed by atoms with Crippen LogP contribution in [-0.4, -0.2) is 39.1 Å². The Kier molecular flexibility index (Phi) is 9.80. The predicted molar refractivity (Wildman–Crippen MR) is 160 cm³/mol. The van der Waals surface area contributed by atoms with Gasteiger partial charge in [0.2, 0.25) is 5.91 Å². The van der Waals surface area contributed by atoms with E-state index in [1.165, 1.54) is 12.0 Å². The maximum Gasteiger partial charge on any atom is 0.252 e. The van der Waals surface area contributed by atoms with Crippen LogP contribution in [0.4, 0.5) is 14.5 Å². The molecule has 1 unspecified atom stereocenters. The molecule has 0 fully saturated rings. The summed E-state index contributed by atoms with van der Waals surface area (Å²) in [6, 6.07) is 21.1. The number of halogens is 3. The fraction of sp³-hybridized carbons (Fsp3) is 0.212. The molecule has 2 atom stereocenters. The van der Waals surface area contributed by atoms with Crippen LogP contribution in [0.1, 0.15) is 39.9 Å². The topological polar surface area (TPSA) is 67.9 Å². The molecule has 0 bridgehead atoms. The molecule has 2 amide bonds. The van der Waals surface area contributed by atoms with Gasteiger partial charge in [-0.3, -0.25) is 9.59 Å². The van der Waals surface area contributed by atoms with Crippen LogP contribution in [-0.2, 0) is 11.2 Å². The molecular weight excluding hydrogens is 562 g/mol. The van der Waals surface area contributed by atoms with Crippen molar-refractivity contribution in [2.45, 2.75) is 25.3 Å². The third-order valence-corrected chi connectivity index (χ3v) is 7.33. The van der Waals surface area contributed by atoms with Crippen molar-refractivity contribution in [2.24, 2.45) is 0 Å². The zero-order valence-electron chi connectivity index (χ0n) is 23.7. The van der Waals surface area contributed by atoms with Crippen LogP contribution in [0, 0.1) is 11.6 Å². The molecule has 0 aromatic heterocycles. The van der Waals surface area contributed by atoms with E-state index in [9.17, 15) is 18.4 Å². The molecule has 0 aliphatic carbocycles. The average Bonchev–Trinajstić information content (AvgIpc) is 2.99. The predicted octanol–water partition coefficient (Wildman–Crippen LogP) is 6.79. The van der Waals surface area contributed by atoms with Gasteiger partial charge in [-0.25, -0.2) is 8.78 Å². The van der Waals surface area contributed by atoms with E-state index in [2.05, 4.69) is 5.32 Å². The van der Waals surface area contributed by atoms with E-state index in [1.807, 2.05) is 31.2 Å². The summed E-state index contributed by atoms with van der Waals surface area (Å²) in [6.45, 7) is 1.94. The highest BCUT2D eigenvalue weighted by Crippen LogP contribution is 2.31. The summed E-state index contributed by atoms with van der Waals surface area (Å²) in [5, 5.41) is 3.26. The van der Waals surface area contributed by atoms with Gasteiger partial charge in [-0.15, -0.1) is 0 Å². The van der Waals surface area contributed by atoms with Gasteiger partial charge < -0.3 is 19.7 Å². The number of methoxy groups -OCH3 is 2. The Morgan fingerprint density at radius 1 is 0.857 bits per heavy atom. The quantitative estimate of drug-likeness (QED) is 0.220. The SMILES string of the molecule is COc1ccc([C@H](C)c2cc(Cl)ccc2C(=O)NC(Cc2cc(F)cc(F)c2)C(=O)N(C)c2ccc(OC)cc2)cc1. The highest BCUT2D eigenvalue weighted by molar-refractivity contribution is 6.30. The van der Waals surface area contributed by atoms with Crippen molar-refractivity contribution >= 4 is 29.1 Å². The Morgan fingerprint density at radius 3 is 2.00 bits per heavy atom. The summed E-state index contributed by atoms with van der Waals surface area (Å²) in [6.07, 6.45) is -0.142. The van der Waals surface area contributed by atoms with Crippen LogP contribution in [0.3, 0.4) is 0 Å². The highest BCUT2D eigenvalue weighted by atomic mass is 35.5. The molecule has 0 aliphatic heterocycles. The molecular formula is C33H31ClF2N2O4. The van der Waals surface area contributed by atoms with Gasteiger partial charge in [0.15, 0.2) is 0 Å². The van der Waals surface area contributed by atoms with Crippen molar-refractivity contribution < 1.29 is 27.8 Å². The molecule has 4 rings (SSSR count).